The summed E-state index contributed by atoms with van der Waals surface area (Å²) in [4.78, 5) is 0. The Bertz CT molecular complexity index is 661. The highest BCUT2D eigenvalue weighted by atomic mass is 35.5. The second-order valence-electron chi connectivity index (χ2n) is 4.26. The van der Waals surface area contributed by atoms with Crippen LogP contribution in [0.15, 0.2) is 42.5 Å². The summed E-state index contributed by atoms with van der Waals surface area (Å²) in [5.74, 6) is -0.431. The zero-order valence-electron chi connectivity index (χ0n) is 10.6. The minimum atomic E-state index is -4.81. The van der Waals surface area contributed by atoms with Crippen LogP contribution >= 0.6 is 11.6 Å². The van der Waals surface area contributed by atoms with Gasteiger partial charge >= 0.3 is 12.5 Å². The summed E-state index contributed by atoms with van der Waals surface area (Å²) in [5.41, 5.74) is -0.264. The number of hydrogen-bond acceptors (Lipinski definition) is 1. The van der Waals surface area contributed by atoms with E-state index in [1.807, 2.05) is 0 Å². The van der Waals surface area contributed by atoms with Crippen LogP contribution in [0.2, 0.25) is 5.02 Å². The van der Waals surface area contributed by atoms with Gasteiger partial charge in [0.15, 0.2) is 0 Å². The Balaban J connectivity index is 2.29. The summed E-state index contributed by atoms with van der Waals surface area (Å²) >= 11 is 5.80. The Kier molecular flexibility index (Phi) is 4.28. The Morgan fingerprint density at radius 2 is 1.41 bits per heavy atom. The lowest BCUT2D eigenvalue weighted by atomic mass is 10.0. The quantitative estimate of drug-likeness (QED) is 0.616. The average Bonchev–Trinajstić information content (AvgIpc) is 2.37. The minimum absolute atomic E-state index is 0.153. The van der Waals surface area contributed by atoms with E-state index in [2.05, 4.69) is 4.74 Å². The Labute approximate surface area is 126 Å². The van der Waals surface area contributed by atoms with Gasteiger partial charge in [0.25, 0.3) is 0 Å². The molecule has 118 valence electrons. The summed E-state index contributed by atoms with van der Waals surface area (Å²) in [6, 6.07) is 7.42. The lowest BCUT2D eigenvalue weighted by molar-refractivity contribution is -0.274. The van der Waals surface area contributed by atoms with E-state index in [1.165, 1.54) is 12.1 Å². The zero-order valence-corrected chi connectivity index (χ0v) is 11.4. The molecule has 1 nitrogen and oxygen atoms in total. The lowest BCUT2D eigenvalue weighted by Gasteiger charge is -2.11. The van der Waals surface area contributed by atoms with Gasteiger partial charge in [-0.2, -0.15) is 13.2 Å². The fourth-order valence-corrected chi connectivity index (χ4v) is 2.05. The molecular formula is C14H7ClF6O. The Hall–Kier alpha value is -1.89. The van der Waals surface area contributed by atoms with E-state index in [9.17, 15) is 26.3 Å². The molecule has 0 N–H and O–H groups in total. The topological polar surface area (TPSA) is 9.23 Å². The molecule has 2 aromatic carbocycles. The highest BCUT2D eigenvalue weighted by Crippen LogP contribution is 2.36. The molecule has 0 bridgehead atoms. The van der Waals surface area contributed by atoms with Gasteiger partial charge in [0.1, 0.15) is 5.75 Å². The summed E-state index contributed by atoms with van der Waals surface area (Å²) in [7, 11) is 0. The van der Waals surface area contributed by atoms with Crippen molar-refractivity contribution in [2.45, 2.75) is 12.5 Å². The van der Waals surface area contributed by atoms with Gasteiger partial charge in [-0.15, -0.1) is 13.2 Å². The first-order chi connectivity index (χ1) is 10.1. The van der Waals surface area contributed by atoms with Gasteiger partial charge in [-0.1, -0.05) is 29.8 Å². The maximum absolute atomic E-state index is 12.5. The van der Waals surface area contributed by atoms with Gasteiger partial charge in [0.2, 0.25) is 0 Å². The van der Waals surface area contributed by atoms with E-state index >= 15 is 0 Å². The fourth-order valence-electron chi connectivity index (χ4n) is 1.76. The SMILES string of the molecule is FC(F)(F)Oc1ccc(-c2ccc(C(F)(F)F)cc2Cl)cc1. The molecular weight excluding hydrogens is 334 g/mol. The minimum Gasteiger partial charge on any atom is -0.406 e. The van der Waals surface area contributed by atoms with E-state index in [4.69, 9.17) is 11.6 Å². The number of benzene rings is 2. The van der Waals surface area contributed by atoms with Crippen molar-refractivity contribution in [2.75, 3.05) is 0 Å². The van der Waals surface area contributed by atoms with Crippen LogP contribution in [0.5, 0.6) is 5.75 Å². The Morgan fingerprint density at radius 3 is 1.86 bits per heavy atom. The molecule has 0 aliphatic heterocycles. The van der Waals surface area contributed by atoms with Crippen molar-refractivity contribution < 1.29 is 31.1 Å². The maximum atomic E-state index is 12.5. The average molecular weight is 341 g/mol. The first-order valence-corrected chi connectivity index (χ1v) is 6.17. The standard InChI is InChI=1S/C14H7ClF6O/c15-12-7-9(13(16,17)18)3-6-11(12)8-1-4-10(5-2-8)22-14(19,20)21/h1-7H. The van der Waals surface area contributed by atoms with Gasteiger partial charge in [0, 0.05) is 10.6 Å². The van der Waals surface area contributed by atoms with Crippen molar-refractivity contribution in [3.05, 3.63) is 53.1 Å². The lowest BCUT2D eigenvalue weighted by Crippen LogP contribution is -2.16. The molecule has 2 aromatic rings. The van der Waals surface area contributed by atoms with Gasteiger partial charge in [0.05, 0.1) is 5.56 Å². The van der Waals surface area contributed by atoms with Crippen LogP contribution in [0.1, 0.15) is 5.56 Å². The molecule has 8 heteroatoms. The van der Waals surface area contributed by atoms with E-state index in [-0.39, 0.29) is 10.6 Å². The van der Waals surface area contributed by atoms with Crippen LogP contribution in [-0.2, 0) is 6.18 Å². The number of halogens is 7. The molecule has 0 saturated carbocycles. The molecule has 0 heterocycles. The summed E-state index contributed by atoms with van der Waals surface area (Å²) < 4.78 is 77.4. The van der Waals surface area contributed by atoms with E-state index in [0.29, 0.717) is 5.56 Å². The zero-order chi connectivity index (χ0) is 16.5. The van der Waals surface area contributed by atoms with E-state index < -0.39 is 23.9 Å². The van der Waals surface area contributed by atoms with Gasteiger partial charge in [-0.05, 0) is 29.8 Å². The fraction of sp³-hybridized carbons (Fsp3) is 0.143. The third-order valence-corrected chi connectivity index (χ3v) is 3.01. The van der Waals surface area contributed by atoms with Crippen LogP contribution in [0.3, 0.4) is 0 Å². The molecule has 0 aliphatic rings. The summed E-state index contributed by atoms with van der Waals surface area (Å²) in [6.45, 7) is 0. The summed E-state index contributed by atoms with van der Waals surface area (Å²) in [6.07, 6.45) is -9.33. The van der Waals surface area contributed by atoms with E-state index in [1.54, 1.807) is 0 Å². The number of rotatable bonds is 2. The summed E-state index contributed by atoms with van der Waals surface area (Å²) in [5, 5.41) is -0.153. The monoisotopic (exact) mass is 340 g/mol. The first-order valence-electron chi connectivity index (χ1n) is 5.79. The number of ether oxygens (including phenoxy) is 1. The van der Waals surface area contributed by atoms with Gasteiger partial charge in [-0.25, -0.2) is 0 Å². The molecule has 0 aliphatic carbocycles. The molecule has 0 fully saturated rings. The molecule has 0 aromatic heterocycles. The molecule has 0 saturated heterocycles. The highest BCUT2D eigenvalue weighted by Gasteiger charge is 2.32. The van der Waals surface area contributed by atoms with Gasteiger partial charge in [-0.3, -0.25) is 0 Å². The Morgan fingerprint density at radius 1 is 0.818 bits per heavy atom. The molecule has 0 radical (unpaired) electrons. The van der Waals surface area contributed by atoms with Crippen LogP contribution in [0.25, 0.3) is 11.1 Å². The molecule has 0 spiro atoms. The predicted octanol–water partition coefficient (Wildman–Crippen LogP) is 5.92. The van der Waals surface area contributed by atoms with Crippen LogP contribution < -0.4 is 4.74 Å². The first kappa shape index (κ1) is 16.5. The van der Waals surface area contributed by atoms with Crippen molar-refractivity contribution in [2.24, 2.45) is 0 Å². The van der Waals surface area contributed by atoms with Crippen LogP contribution in [0.4, 0.5) is 26.3 Å². The van der Waals surface area contributed by atoms with Crippen LogP contribution in [-0.4, -0.2) is 6.36 Å². The second-order valence-corrected chi connectivity index (χ2v) is 4.67. The third kappa shape index (κ3) is 4.07. The number of alkyl halides is 6. The predicted molar refractivity (Wildman–Crippen MR) is 68.6 cm³/mol. The molecule has 22 heavy (non-hydrogen) atoms. The largest absolute Gasteiger partial charge is 0.573 e. The molecule has 0 atom stereocenters. The van der Waals surface area contributed by atoms with Gasteiger partial charge < -0.3 is 4.74 Å². The smallest absolute Gasteiger partial charge is 0.406 e. The van der Waals surface area contributed by atoms with E-state index in [0.717, 1.165) is 30.3 Å². The number of hydrogen-bond donors (Lipinski definition) is 0. The van der Waals surface area contributed by atoms with Crippen molar-refractivity contribution in [1.29, 1.82) is 0 Å². The molecule has 2 rings (SSSR count). The molecule has 0 amide bonds. The molecule has 0 unspecified atom stereocenters. The van der Waals surface area contributed by atoms with Crippen LogP contribution in [0, 0.1) is 0 Å². The highest BCUT2D eigenvalue weighted by molar-refractivity contribution is 6.33. The van der Waals surface area contributed by atoms with Crippen molar-refractivity contribution in [3.63, 3.8) is 0 Å². The maximum Gasteiger partial charge on any atom is 0.573 e. The third-order valence-electron chi connectivity index (χ3n) is 2.70. The normalized spacial score (nSPS) is 12.3. The van der Waals surface area contributed by atoms with Crippen molar-refractivity contribution in [1.82, 2.24) is 0 Å². The second kappa shape index (κ2) is 5.72. The van der Waals surface area contributed by atoms with Crippen molar-refractivity contribution >= 4 is 11.6 Å². The van der Waals surface area contributed by atoms with Crippen molar-refractivity contribution in [3.8, 4) is 16.9 Å².